The van der Waals surface area contributed by atoms with E-state index in [2.05, 4.69) is 10.2 Å². The standard InChI is InChI=1S/C24H26FN3O4/c1-31-20-5-2-4-19(16-20)26-22-21(17-6-8-18(25)9-7-17)23(29)28(24(22)30)11-3-10-27-12-14-32-15-13-27/h2,4-9,16,26H,3,10-15H2,1H3. The van der Waals surface area contributed by atoms with Gasteiger partial charge in [0.2, 0.25) is 0 Å². The number of imide groups is 1. The predicted molar refractivity (Wildman–Crippen MR) is 119 cm³/mol. The molecule has 2 aliphatic rings. The second-order valence-electron chi connectivity index (χ2n) is 7.68. The summed E-state index contributed by atoms with van der Waals surface area (Å²) in [5.74, 6) is -0.554. The molecule has 0 radical (unpaired) electrons. The van der Waals surface area contributed by atoms with Crippen molar-refractivity contribution < 1.29 is 23.5 Å². The highest BCUT2D eigenvalue weighted by Crippen LogP contribution is 2.31. The van der Waals surface area contributed by atoms with Gasteiger partial charge in [-0.25, -0.2) is 4.39 Å². The van der Waals surface area contributed by atoms with E-state index in [9.17, 15) is 14.0 Å². The highest BCUT2D eigenvalue weighted by Gasteiger charge is 2.39. The maximum atomic E-state index is 13.5. The molecule has 0 bridgehead atoms. The van der Waals surface area contributed by atoms with Crippen molar-refractivity contribution in [1.29, 1.82) is 0 Å². The lowest BCUT2D eigenvalue weighted by molar-refractivity contribution is -0.136. The zero-order chi connectivity index (χ0) is 22.5. The van der Waals surface area contributed by atoms with E-state index in [1.165, 1.54) is 29.2 Å². The highest BCUT2D eigenvalue weighted by atomic mass is 19.1. The molecule has 4 rings (SSSR count). The SMILES string of the molecule is COc1cccc(NC2=C(c3ccc(F)cc3)C(=O)N(CCCN3CCOCC3)C2=O)c1. The summed E-state index contributed by atoms with van der Waals surface area (Å²) in [5.41, 5.74) is 1.53. The van der Waals surface area contributed by atoms with Crippen molar-refractivity contribution in [3.8, 4) is 5.75 Å². The maximum absolute atomic E-state index is 13.5. The number of methoxy groups -OCH3 is 1. The smallest absolute Gasteiger partial charge is 0.278 e. The zero-order valence-electron chi connectivity index (χ0n) is 18.0. The number of nitrogens with one attached hydrogen (secondary N) is 1. The quantitative estimate of drug-likeness (QED) is 0.638. The van der Waals surface area contributed by atoms with Crippen molar-refractivity contribution in [2.75, 3.05) is 51.8 Å². The number of carbonyl (C=O) groups is 2. The summed E-state index contributed by atoms with van der Waals surface area (Å²) in [6.45, 7) is 4.19. The summed E-state index contributed by atoms with van der Waals surface area (Å²) < 4.78 is 24.1. The number of rotatable bonds is 8. The van der Waals surface area contributed by atoms with Gasteiger partial charge in [-0.3, -0.25) is 19.4 Å². The van der Waals surface area contributed by atoms with E-state index in [-0.39, 0.29) is 23.1 Å². The van der Waals surface area contributed by atoms with Gasteiger partial charge in [-0.05, 0) is 36.2 Å². The highest BCUT2D eigenvalue weighted by molar-refractivity contribution is 6.36. The first-order chi connectivity index (χ1) is 15.6. The van der Waals surface area contributed by atoms with Crippen LogP contribution < -0.4 is 10.1 Å². The van der Waals surface area contributed by atoms with Crippen LogP contribution in [-0.4, -0.2) is 68.1 Å². The van der Waals surface area contributed by atoms with Gasteiger partial charge in [0.05, 0.1) is 25.9 Å². The fraction of sp³-hybridized carbons (Fsp3) is 0.333. The molecule has 2 amide bonds. The monoisotopic (exact) mass is 439 g/mol. The molecular formula is C24H26FN3O4. The number of carbonyl (C=O) groups excluding carboxylic acids is 2. The molecule has 1 saturated heterocycles. The number of amides is 2. The minimum atomic E-state index is -0.407. The number of ether oxygens (including phenoxy) is 2. The van der Waals surface area contributed by atoms with Crippen molar-refractivity contribution >= 4 is 23.1 Å². The van der Waals surface area contributed by atoms with Crippen LogP contribution >= 0.6 is 0 Å². The van der Waals surface area contributed by atoms with Gasteiger partial charge in [-0.1, -0.05) is 18.2 Å². The van der Waals surface area contributed by atoms with Crippen LogP contribution in [0.25, 0.3) is 5.57 Å². The number of halogens is 1. The van der Waals surface area contributed by atoms with Crippen molar-refractivity contribution in [1.82, 2.24) is 9.80 Å². The first-order valence-electron chi connectivity index (χ1n) is 10.6. The Bertz CT molecular complexity index is 1020. The van der Waals surface area contributed by atoms with Crippen molar-refractivity contribution in [3.63, 3.8) is 0 Å². The van der Waals surface area contributed by atoms with Crippen LogP contribution in [0.4, 0.5) is 10.1 Å². The molecule has 1 fully saturated rings. The minimum Gasteiger partial charge on any atom is -0.497 e. The number of morpholine rings is 1. The van der Waals surface area contributed by atoms with E-state index < -0.39 is 5.82 Å². The molecule has 2 heterocycles. The number of hydrogen-bond acceptors (Lipinski definition) is 6. The third-order valence-electron chi connectivity index (χ3n) is 5.60. The van der Waals surface area contributed by atoms with Gasteiger partial charge in [0.25, 0.3) is 11.8 Å². The fourth-order valence-corrected chi connectivity index (χ4v) is 3.90. The molecule has 0 aliphatic carbocycles. The van der Waals surface area contributed by atoms with Gasteiger partial charge in [-0.2, -0.15) is 0 Å². The predicted octanol–water partition coefficient (Wildman–Crippen LogP) is 2.75. The second-order valence-corrected chi connectivity index (χ2v) is 7.68. The van der Waals surface area contributed by atoms with E-state index in [0.717, 1.165) is 19.6 Å². The average Bonchev–Trinajstić information content (AvgIpc) is 3.04. The van der Waals surface area contributed by atoms with E-state index in [0.29, 0.717) is 43.2 Å². The van der Waals surface area contributed by atoms with E-state index in [4.69, 9.17) is 9.47 Å². The Labute approximate surface area is 186 Å². The van der Waals surface area contributed by atoms with Crippen molar-refractivity contribution in [3.05, 3.63) is 65.6 Å². The molecule has 7 nitrogen and oxygen atoms in total. The third kappa shape index (κ3) is 4.81. The van der Waals surface area contributed by atoms with Crippen LogP contribution in [0.3, 0.4) is 0 Å². The van der Waals surface area contributed by atoms with Gasteiger partial charge in [0.1, 0.15) is 17.3 Å². The maximum Gasteiger partial charge on any atom is 0.278 e. The van der Waals surface area contributed by atoms with Crippen LogP contribution in [-0.2, 0) is 14.3 Å². The Kier molecular flexibility index (Phi) is 6.82. The Balaban J connectivity index is 1.56. The van der Waals surface area contributed by atoms with Crippen LogP contribution in [0.15, 0.2) is 54.2 Å². The zero-order valence-corrected chi connectivity index (χ0v) is 18.0. The van der Waals surface area contributed by atoms with Gasteiger partial charge in [0.15, 0.2) is 0 Å². The van der Waals surface area contributed by atoms with E-state index in [1.54, 1.807) is 31.4 Å². The van der Waals surface area contributed by atoms with Crippen LogP contribution in [0.1, 0.15) is 12.0 Å². The summed E-state index contributed by atoms with van der Waals surface area (Å²) in [7, 11) is 1.56. The van der Waals surface area contributed by atoms with Gasteiger partial charge in [0, 0.05) is 37.9 Å². The summed E-state index contributed by atoms with van der Waals surface area (Å²) in [6.07, 6.45) is 0.667. The lowest BCUT2D eigenvalue weighted by atomic mass is 10.0. The number of hydrogen-bond donors (Lipinski definition) is 1. The Morgan fingerprint density at radius 2 is 1.78 bits per heavy atom. The molecular weight excluding hydrogens is 413 g/mol. The molecule has 0 aromatic heterocycles. The van der Waals surface area contributed by atoms with E-state index in [1.807, 2.05) is 0 Å². The van der Waals surface area contributed by atoms with E-state index >= 15 is 0 Å². The normalized spacial score (nSPS) is 17.2. The third-order valence-corrected chi connectivity index (χ3v) is 5.60. The topological polar surface area (TPSA) is 71.1 Å². The Hall–Kier alpha value is -3.23. The molecule has 32 heavy (non-hydrogen) atoms. The van der Waals surface area contributed by atoms with Crippen LogP contribution in [0, 0.1) is 5.82 Å². The first kappa shape index (κ1) is 22.0. The summed E-state index contributed by atoms with van der Waals surface area (Å²) >= 11 is 0. The molecule has 8 heteroatoms. The molecule has 0 atom stereocenters. The van der Waals surface area contributed by atoms with Crippen molar-refractivity contribution in [2.45, 2.75) is 6.42 Å². The molecule has 0 spiro atoms. The summed E-state index contributed by atoms with van der Waals surface area (Å²) in [6, 6.07) is 12.7. The van der Waals surface area contributed by atoms with Crippen molar-refractivity contribution in [2.24, 2.45) is 0 Å². The second kappa shape index (κ2) is 9.93. The fourth-order valence-electron chi connectivity index (χ4n) is 3.90. The lowest BCUT2D eigenvalue weighted by Crippen LogP contribution is -2.39. The minimum absolute atomic E-state index is 0.182. The van der Waals surface area contributed by atoms with Gasteiger partial charge < -0.3 is 14.8 Å². The molecule has 2 aliphatic heterocycles. The molecule has 0 unspecified atom stereocenters. The molecule has 2 aromatic carbocycles. The summed E-state index contributed by atoms with van der Waals surface area (Å²) in [4.78, 5) is 30.0. The molecule has 0 saturated carbocycles. The molecule has 1 N–H and O–H groups in total. The average molecular weight is 439 g/mol. The van der Waals surface area contributed by atoms with Gasteiger partial charge in [-0.15, -0.1) is 0 Å². The van der Waals surface area contributed by atoms with Gasteiger partial charge >= 0.3 is 0 Å². The summed E-state index contributed by atoms with van der Waals surface area (Å²) in [5, 5.41) is 3.10. The first-order valence-corrected chi connectivity index (χ1v) is 10.6. The van der Waals surface area contributed by atoms with Crippen LogP contribution in [0.2, 0.25) is 0 Å². The molecule has 2 aromatic rings. The Morgan fingerprint density at radius 3 is 2.50 bits per heavy atom. The van der Waals surface area contributed by atoms with Crippen LogP contribution in [0.5, 0.6) is 5.75 Å². The number of nitrogens with zero attached hydrogens (tertiary/aromatic N) is 2. The largest absolute Gasteiger partial charge is 0.497 e. The number of benzene rings is 2. The Morgan fingerprint density at radius 1 is 1.03 bits per heavy atom. The lowest BCUT2D eigenvalue weighted by Gasteiger charge is -2.27. The number of anilines is 1. The molecule has 168 valence electrons.